The van der Waals surface area contributed by atoms with E-state index in [1.165, 1.54) is 14.2 Å². The summed E-state index contributed by atoms with van der Waals surface area (Å²) in [4.78, 5) is 57.4. The number of carbonyl (C=O) groups excluding carboxylic acids is 3. The first-order valence-corrected chi connectivity index (χ1v) is 19.2. The number of hydrogen-bond acceptors (Lipinski definition) is 7. The lowest BCUT2D eigenvalue weighted by molar-refractivity contribution is -0.137. The highest BCUT2D eigenvalue weighted by Crippen LogP contribution is 2.56. The molecule has 284 valence electrons. The number of likely N-dealkylation sites (tertiary alicyclic amines) is 1. The number of ether oxygens (including phenoxy) is 2. The molecule has 2 aromatic heterocycles. The molecule has 5 aromatic rings. The van der Waals surface area contributed by atoms with Gasteiger partial charge in [0.05, 0.1) is 49.0 Å². The first kappa shape index (κ1) is 36.2. The van der Waals surface area contributed by atoms with Crippen LogP contribution in [0.25, 0.3) is 33.6 Å². The fraction of sp³-hybridized carbons (Fsp3) is 0.372. The van der Waals surface area contributed by atoms with E-state index in [1.807, 2.05) is 36.5 Å². The van der Waals surface area contributed by atoms with Crippen LogP contribution in [0, 0.1) is 17.8 Å². The lowest BCUT2D eigenvalue weighted by Crippen LogP contribution is -2.54. The van der Waals surface area contributed by atoms with Crippen molar-refractivity contribution in [2.45, 2.75) is 63.1 Å². The zero-order valence-electron chi connectivity index (χ0n) is 31.3. The second-order valence-corrected chi connectivity index (χ2v) is 15.0. The third-order valence-electron chi connectivity index (χ3n) is 11.9. The molecule has 4 N–H and O–H groups in total. The van der Waals surface area contributed by atoms with E-state index in [0.29, 0.717) is 24.2 Å². The van der Waals surface area contributed by atoms with Gasteiger partial charge < -0.3 is 35.0 Å². The molecular weight excluding hydrogens is 695 g/mol. The molecule has 3 fully saturated rings. The summed E-state index contributed by atoms with van der Waals surface area (Å²) in [5, 5.41) is 5.79. The van der Waals surface area contributed by atoms with Gasteiger partial charge in [0, 0.05) is 25.3 Å². The number of imidazole rings is 2. The topological polar surface area (TPSA) is 154 Å². The van der Waals surface area contributed by atoms with Crippen LogP contribution in [0.1, 0.15) is 62.6 Å². The number of benzene rings is 3. The molecular formula is C43H47N7O5. The first-order chi connectivity index (χ1) is 26.8. The van der Waals surface area contributed by atoms with Crippen molar-refractivity contribution in [3.8, 4) is 33.6 Å². The Morgan fingerprint density at radius 2 is 1.38 bits per heavy atom. The number of para-hydroxylation sites is 1. The Morgan fingerprint density at radius 1 is 0.782 bits per heavy atom. The van der Waals surface area contributed by atoms with E-state index in [-0.39, 0.29) is 29.7 Å². The highest BCUT2D eigenvalue weighted by Gasteiger charge is 2.52. The molecule has 55 heavy (non-hydrogen) atoms. The number of hydrogen-bond donors (Lipinski definition) is 4. The first-order valence-electron chi connectivity index (χ1n) is 19.2. The quantitative estimate of drug-likeness (QED) is 0.111. The van der Waals surface area contributed by atoms with Gasteiger partial charge in [0.25, 0.3) is 0 Å². The molecule has 2 bridgehead atoms. The predicted octanol–water partition coefficient (Wildman–Crippen LogP) is 7.33. The van der Waals surface area contributed by atoms with Crippen LogP contribution >= 0.6 is 0 Å². The number of aromatic nitrogens is 4. The van der Waals surface area contributed by atoms with Crippen molar-refractivity contribution in [2.24, 2.45) is 17.8 Å². The number of H-pyrrole nitrogens is 2. The molecule has 3 aliphatic rings. The molecule has 0 spiro atoms. The molecule has 3 aromatic carbocycles. The summed E-state index contributed by atoms with van der Waals surface area (Å²) in [6, 6.07) is 25.3. The van der Waals surface area contributed by atoms with E-state index in [1.54, 1.807) is 18.0 Å². The van der Waals surface area contributed by atoms with E-state index >= 15 is 0 Å². The number of alkyl carbamates (subject to hydrolysis) is 1. The van der Waals surface area contributed by atoms with Crippen molar-refractivity contribution in [3.63, 3.8) is 0 Å². The molecule has 8 rings (SSSR count). The molecule has 12 heteroatoms. The molecule has 0 radical (unpaired) electrons. The summed E-state index contributed by atoms with van der Waals surface area (Å²) in [6.07, 6.45) is 7.37. The summed E-state index contributed by atoms with van der Waals surface area (Å²) >= 11 is 0. The zero-order chi connectivity index (χ0) is 38.1. The SMILES string of the molecule is COC(=O)N[C@H](C(=O)N1CCC[C@H]1c1ncc(-c2ccc(-c3ccc(-c4cnc([C@H]5C6CCC(C6)[C@@H]5C(=O)Nc5ccccc5)[nH]4)cc3)cc2)[nH]1)[C@@H](C)OC. The van der Waals surface area contributed by atoms with Gasteiger partial charge in [-0.1, -0.05) is 66.7 Å². The lowest BCUT2D eigenvalue weighted by Gasteiger charge is -2.30. The number of rotatable bonds is 11. The summed E-state index contributed by atoms with van der Waals surface area (Å²) in [6.45, 7) is 2.30. The van der Waals surface area contributed by atoms with Crippen molar-refractivity contribution in [3.05, 3.63) is 103 Å². The van der Waals surface area contributed by atoms with Gasteiger partial charge in [-0.15, -0.1) is 0 Å². The highest BCUT2D eigenvalue weighted by atomic mass is 16.5. The Bertz CT molecular complexity index is 2130. The number of methoxy groups -OCH3 is 2. The second-order valence-electron chi connectivity index (χ2n) is 15.0. The number of nitrogens with zero attached hydrogens (tertiary/aromatic N) is 3. The molecule has 7 atom stereocenters. The van der Waals surface area contributed by atoms with Crippen LogP contribution in [0.4, 0.5) is 10.5 Å². The molecule has 1 saturated heterocycles. The highest BCUT2D eigenvalue weighted by molar-refractivity contribution is 5.93. The Labute approximate surface area is 320 Å². The van der Waals surface area contributed by atoms with E-state index in [4.69, 9.17) is 14.5 Å². The van der Waals surface area contributed by atoms with E-state index < -0.39 is 18.2 Å². The number of fused-ring (bicyclic) bond motifs is 2. The maximum absolute atomic E-state index is 13.6. The lowest BCUT2D eigenvalue weighted by atomic mass is 9.78. The van der Waals surface area contributed by atoms with E-state index in [0.717, 1.165) is 77.3 Å². The molecule has 2 aliphatic carbocycles. The van der Waals surface area contributed by atoms with Crippen LogP contribution in [-0.2, 0) is 19.1 Å². The van der Waals surface area contributed by atoms with Crippen molar-refractivity contribution in [1.29, 1.82) is 0 Å². The van der Waals surface area contributed by atoms with Gasteiger partial charge >= 0.3 is 6.09 Å². The number of anilines is 1. The maximum Gasteiger partial charge on any atom is 0.407 e. The summed E-state index contributed by atoms with van der Waals surface area (Å²) < 4.78 is 10.2. The van der Waals surface area contributed by atoms with Gasteiger partial charge in [-0.05, 0) is 85.3 Å². The third kappa shape index (κ3) is 7.26. The van der Waals surface area contributed by atoms with Crippen LogP contribution in [0.2, 0.25) is 0 Å². The van der Waals surface area contributed by atoms with Crippen molar-refractivity contribution in [2.75, 3.05) is 26.1 Å². The average molecular weight is 742 g/mol. The third-order valence-corrected chi connectivity index (χ3v) is 11.9. The van der Waals surface area contributed by atoms with Gasteiger partial charge in [0.2, 0.25) is 11.8 Å². The molecule has 2 unspecified atom stereocenters. The number of aromatic amines is 2. The molecule has 2 saturated carbocycles. The fourth-order valence-electron chi connectivity index (χ4n) is 8.99. The monoisotopic (exact) mass is 741 g/mol. The van der Waals surface area contributed by atoms with Crippen molar-refractivity contribution >= 4 is 23.6 Å². The van der Waals surface area contributed by atoms with Crippen molar-refractivity contribution < 1.29 is 23.9 Å². The Kier molecular flexibility index (Phi) is 10.2. The molecule has 3 amide bonds. The number of amides is 3. The average Bonchev–Trinajstić information content (AvgIpc) is 4.08. The van der Waals surface area contributed by atoms with Crippen LogP contribution in [0.3, 0.4) is 0 Å². The molecule has 3 heterocycles. The fourth-order valence-corrected chi connectivity index (χ4v) is 8.99. The Morgan fingerprint density at radius 3 is 2.02 bits per heavy atom. The summed E-state index contributed by atoms with van der Waals surface area (Å²) in [7, 11) is 2.77. The number of carbonyl (C=O) groups is 3. The smallest absolute Gasteiger partial charge is 0.407 e. The minimum Gasteiger partial charge on any atom is -0.453 e. The molecule has 1 aliphatic heterocycles. The summed E-state index contributed by atoms with van der Waals surface area (Å²) in [5.41, 5.74) is 6.83. The second kappa shape index (κ2) is 15.5. The minimum atomic E-state index is -0.883. The normalized spacial score (nSPS) is 22.7. The standard InChI is InChI=1S/C43H47N7O5/c1-25(54-2)38(49-43(53)55-3)42(52)50-21-7-10-35(50)39-44-23-33(47-39)28-15-11-26(12-16-28)27-13-17-29(18-14-27)34-24-45-40(48-34)36-30-19-20-31(22-30)37(36)41(51)46-32-8-5-4-6-9-32/h4-6,8-9,11-18,23-25,30-31,35-38H,7,10,19-22H2,1-3H3,(H,44,47)(H,45,48)(H,46,51)(H,49,53)/t25-,30?,31?,35+,36+,37+,38+/m1/s1. The zero-order valence-corrected chi connectivity index (χ0v) is 31.3. The van der Waals surface area contributed by atoms with Gasteiger partial charge in [-0.25, -0.2) is 14.8 Å². The van der Waals surface area contributed by atoms with Gasteiger partial charge in [0.15, 0.2) is 0 Å². The van der Waals surface area contributed by atoms with Gasteiger partial charge in [-0.3, -0.25) is 9.59 Å². The molecule has 12 nitrogen and oxygen atoms in total. The van der Waals surface area contributed by atoms with Crippen LogP contribution in [-0.4, -0.2) is 75.7 Å². The van der Waals surface area contributed by atoms with Crippen LogP contribution in [0.15, 0.2) is 91.3 Å². The minimum absolute atomic E-state index is 0.0853. The largest absolute Gasteiger partial charge is 0.453 e. The van der Waals surface area contributed by atoms with E-state index in [2.05, 4.69) is 74.1 Å². The maximum atomic E-state index is 13.6. The predicted molar refractivity (Wildman–Crippen MR) is 209 cm³/mol. The van der Waals surface area contributed by atoms with Crippen LogP contribution in [0.5, 0.6) is 0 Å². The van der Waals surface area contributed by atoms with E-state index in [9.17, 15) is 14.4 Å². The summed E-state index contributed by atoms with van der Waals surface area (Å²) in [5.74, 6) is 2.33. The Hall–Kier alpha value is -5.75. The number of nitrogens with one attached hydrogen (secondary N) is 4. The van der Waals surface area contributed by atoms with Crippen molar-refractivity contribution in [1.82, 2.24) is 30.2 Å². The Balaban J connectivity index is 0.929. The van der Waals surface area contributed by atoms with Gasteiger partial charge in [-0.2, -0.15) is 0 Å². The van der Waals surface area contributed by atoms with Gasteiger partial charge in [0.1, 0.15) is 17.7 Å². The van der Waals surface area contributed by atoms with Crippen LogP contribution < -0.4 is 10.6 Å².